The molecule has 1 aliphatic carbocycles. The minimum absolute atomic E-state index is 0.0453. The van der Waals surface area contributed by atoms with E-state index in [1.54, 1.807) is 25.1 Å². The molecule has 0 radical (unpaired) electrons. The van der Waals surface area contributed by atoms with Crippen LogP contribution in [0, 0.1) is 5.92 Å². The Hall–Kier alpha value is -1.95. The summed E-state index contributed by atoms with van der Waals surface area (Å²) in [7, 11) is 0. The van der Waals surface area contributed by atoms with Crippen LogP contribution in [-0.4, -0.2) is 23.0 Å². The summed E-state index contributed by atoms with van der Waals surface area (Å²) >= 11 is 5.17. The van der Waals surface area contributed by atoms with Gasteiger partial charge in [-0.25, -0.2) is 0 Å². The summed E-state index contributed by atoms with van der Waals surface area (Å²) in [6, 6.07) is 6.87. The summed E-state index contributed by atoms with van der Waals surface area (Å²) in [4.78, 5) is 25.3. The number of hydrogen-bond acceptors (Lipinski definition) is 3. The van der Waals surface area contributed by atoms with Gasteiger partial charge in [0.1, 0.15) is 6.04 Å². The maximum absolute atomic E-state index is 12.1. The summed E-state index contributed by atoms with van der Waals surface area (Å²) in [5, 5.41) is 6.19. The molecule has 2 N–H and O–H groups in total. The van der Waals surface area contributed by atoms with Crippen molar-refractivity contribution in [1.82, 2.24) is 5.32 Å². The molecule has 1 saturated heterocycles. The lowest BCUT2D eigenvalue weighted by Crippen LogP contribution is -2.30. The van der Waals surface area contributed by atoms with Gasteiger partial charge >= 0.3 is 0 Å². The maximum Gasteiger partial charge on any atom is 0.255 e. The van der Waals surface area contributed by atoms with Crippen molar-refractivity contribution in [3.8, 4) is 0 Å². The predicted molar refractivity (Wildman–Crippen MR) is 80.5 cm³/mol. The van der Waals surface area contributed by atoms with E-state index >= 15 is 0 Å². The van der Waals surface area contributed by atoms with Crippen LogP contribution in [0.4, 0.5) is 11.4 Å². The first-order valence-corrected chi connectivity index (χ1v) is 7.02. The van der Waals surface area contributed by atoms with Crippen LogP contribution in [0.25, 0.3) is 0 Å². The van der Waals surface area contributed by atoms with Gasteiger partial charge in [0.2, 0.25) is 5.91 Å². The SMILES string of the molecule is CC1NC(=S)N(c2cccc(NC(=O)C3CC3)c2)C1=O. The largest absolute Gasteiger partial charge is 0.350 e. The number of amides is 2. The lowest BCUT2D eigenvalue weighted by Gasteiger charge is -2.16. The first-order chi connectivity index (χ1) is 9.56. The molecule has 3 rings (SSSR count). The van der Waals surface area contributed by atoms with E-state index in [1.807, 2.05) is 6.07 Å². The molecule has 2 amide bonds. The molecule has 6 heteroatoms. The first kappa shape index (κ1) is 13.1. The number of rotatable bonds is 3. The lowest BCUT2D eigenvalue weighted by atomic mass is 10.2. The fraction of sp³-hybridized carbons (Fsp3) is 0.357. The molecule has 0 bridgehead atoms. The molecule has 2 fully saturated rings. The van der Waals surface area contributed by atoms with Gasteiger partial charge in [-0.1, -0.05) is 6.07 Å². The Bertz CT molecular complexity index is 598. The van der Waals surface area contributed by atoms with Crippen molar-refractivity contribution in [2.24, 2.45) is 5.92 Å². The monoisotopic (exact) mass is 289 g/mol. The van der Waals surface area contributed by atoms with Crippen molar-refractivity contribution in [2.75, 3.05) is 10.2 Å². The molecule has 1 unspecified atom stereocenters. The highest BCUT2D eigenvalue weighted by molar-refractivity contribution is 7.80. The van der Waals surface area contributed by atoms with Crippen LogP contribution in [0.5, 0.6) is 0 Å². The Morgan fingerprint density at radius 3 is 2.80 bits per heavy atom. The van der Waals surface area contributed by atoms with Gasteiger partial charge in [-0.05, 0) is 50.2 Å². The fourth-order valence-electron chi connectivity index (χ4n) is 2.16. The van der Waals surface area contributed by atoms with Crippen molar-refractivity contribution < 1.29 is 9.59 Å². The van der Waals surface area contributed by atoms with Crippen LogP contribution in [0.2, 0.25) is 0 Å². The van der Waals surface area contributed by atoms with Gasteiger partial charge in [0, 0.05) is 11.6 Å². The molecule has 1 heterocycles. The maximum atomic E-state index is 12.1. The Labute approximate surface area is 122 Å². The van der Waals surface area contributed by atoms with Crippen LogP contribution in [-0.2, 0) is 9.59 Å². The molecular weight excluding hydrogens is 274 g/mol. The van der Waals surface area contributed by atoms with E-state index in [1.165, 1.54) is 4.90 Å². The number of benzene rings is 1. The van der Waals surface area contributed by atoms with Crippen molar-refractivity contribution in [3.63, 3.8) is 0 Å². The number of carbonyl (C=O) groups excluding carboxylic acids is 2. The molecule has 0 spiro atoms. The molecule has 1 atom stereocenters. The number of nitrogens with one attached hydrogen (secondary N) is 2. The molecule has 104 valence electrons. The van der Waals surface area contributed by atoms with Gasteiger partial charge in [-0.3, -0.25) is 14.5 Å². The van der Waals surface area contributed by atoms with E-state index in [0.29, 0.717) is 16.5 Å². The van der Waals surface area contributed by atoms with E-state index in [9.17, 15) is 9.59 Å². The van der Waals surface area contributed by atoms with Crippen LogP contribution < -0.4 is 15.5 Å². The molecule has 1 saturated carbocycles. The Morgan fingerprint density at radius 1 is 1.45 bits per heavy atom. The van der Waals surface area contributed by atoms with Crippen LogP contribution in [0.1, 0.15) is 19.8 Å². The highest BCUT2D eigenvalue weighted by Gasteiger charge is 2.33. The third-order valence-corrected chi connectivity index (χ3v) is 3.75. The van der Waals surface area contributed by atoms with Gasteiger partial charge < -0.3 is 10.6 Å². The van der Waals surface area contributed by atoms with Crippen molar-refractivity contribution in [2.45, 2.75) is 25.8 Å². The number of carbonyl (C=O) groups is 2. The lowest BCUT2D eigenvalue weighted by molar-refractivity contribution is -0.118. The molecule has 0 aromatic heterocycles. The summed E-state index contributed by atoms with van der Waals surface area (Å²) in [5.74, 6) is 0.111. The highest BCUT2D eigenvalue weighted by Crippen LogP contribution is 2.31. The molecule has 1 aromatic rings. The van der Waals surface area contributed by atoms with Crippen molar-refractivity contribution in [1.29, 1.82) is 0 Å². The highest BCUT2D eigenvalue weighted by atomic mass is 32.1. The summed E-state index contributed by atoms with van der Waals surface area (Å²) < 4.78 is 0. The molecule has 2 aliphatic rings. The van der Waals surface area contributed by atoms with E-state index in [4.69, 9.17) is 12.2 Å². The van der Waals surface area contributed by atoms with E-state index in [2.05, 4.69) is 10.6 Å². The predicted octanol–water partition coefficient (Wildman–Crippen LogP) is 1.64. The molecule has 1 aromatic carbocycles. The zero-order valence-corrected chi connectivity index (χ0v) is 11.9. The normalized spacial score (nSPS) is 21.9. The molecule has 20 heavy (non-hydrogen) atoms. The standard InChI is InChI=1S/C14H15N3O2S/c1-8-13(19)17(14(20)15-8)11-4-2-3-10(7-11)16-12(18)9-5-6-9/h2-4,7-9H,5-6H2,1H3,(H,15,20)(H,16,18). The van der Waals surface area contributed by atoms with Crippen LogP contribution >= 0.6 is 12.2 Å². The summed E-state index contributed by atoms with van der Waals surface area (Å²) in [5.41, 5.74) is 1.36. The average Bonchev–Trinajstić information content (AvgIpc) is 3.19. The second-order valence-electron chi connectivity index (χ2n) is 5.16. The second kappa shape index (κ2) is 4.86. The van der Waals surface area contributed by atoms with Gasteiger partial charge in [-0.2, -0.15) is 0 Å². The quantitative estimate of drug-likeness (QED) is 0.831. The summed E-state index contributed by atoms with van der Waals surface area (Å²) in [6.45, 7) is 1.77. The number of thiocarbonyl (C=S) groups is 1. The van der Waals surface area contributed by atoms with Gasteiger partial charge in [0.05, 0.1) is 5.69 Å². The minimum atomic E-state index is -0.313. The Morgan fingerprint density at radius 2 is 2.20 bits per heavy atom. The van der Waals surface area contributed by atoms with E-state index in [0.717, 1.165) is 12.8 Å². The van der Waals surface area contributed by atoms with E-state index in [-0.39, 0.29) is 23.8 Å². The number of anilines is 2. The molecule has 5 nitrogen and oxygen atoms in total. The fourth-order valence-corrected chi connectivity index (χ4v) is 2.53. The van der Waals surface area contributed by atoms with Crippen LogP contribution in [0.3, 0.4) is 0 Å². The smallest absolute Gasteiger partial charge is 0.255 e. The van der Waals surface area contributed by atoms with Crippen molar-refractivity contribution in [3.05, 3.63) is 24.3 Å². The van der Waals surface area contributed by atoms with Gasteiger partial charge in [0.15, 0.2) is 5.11 Å². The van der Waals surface area contributed by atoms with Gasteiger partial charge in [0.25, 0.3) is 5.91 Å². The minimum Gasteiger partial charge on any atom is -0.350 e. The second-order valence-corrected chi connectivity index (χ2v) is 5.55. The summed E-state index contributed by atoms with van der Waals surface area (Å²) in [6.07, 6.45) is 1.92. The first-order valence-electron chi connectivity index (χ1n) is 6.61. The molecular formula is C14H15N3O2S. The zero-order chi connectivity index (χ0) is 14.3. The Kier molecular flexibility index (Phi) is 3.17. The zero-order valence-electron chi connectivity index (χ0n) is 11.1. The van der Waals surface area contributed by atoms with E-state index < -0.39 is 0 Å². The topological polar surface area (TPSA) is 61.4 Å². The van der Waals surface area contributed by atoms with Crippen LogP contribution in [0.15, 0.2) is 24.3 Å². The number of hydrogen-bond donors (Lipinski definition) is 2. The van der Waals surface area contributed by atoms with Crippen molar-refractivity contribution >= 4 is 40.5 Å². The number of nitrogens with zero attached hydrogens (tertiary/aromatic N) is 1. The average molecular weight is 289 g/mol. The third kappa shape index (κ3) is 2.38. The third-order valence-electron chi connectivity index (χ3n) is 3.45. The molecule has 1 aliphatic heterocycles. The van der Waals surface area contributed by atoms with Gasteiger partial charge in [-0.15, -0.1) is 0 Å². The Balaban J connectivity index is 1.82.